The third-order valence-corrected chi connectivity index (χ3v) is 14.0. The molecular formula is C53H74N2O13. The highest BCUT2D eigenvalue weighted by molar-refractivity contribution is 5.82. The van der Waals surface area contributed by atoms with Crippen LogP contribution in [0.2, 0.25) is 0 Å². The number of aromatic nitrogens is 2. The average molecular weight is 947 g/mol. The van der Waals surface area contributed by atoms with Crippen LogP contribution in [-0.4, -0.2) is 118 Å². The number of esters is 1. The van der Waals surface area contributed by atoms with Crippen LogP contribution in [-0.2, 0) is 44.4 Å². The van der Waals surface area contributed by atoms with Gasteiger partial charge in [0.2, 0.25) is 5.89 Å². The third-order valence-electron chi connectivity index (χ3n) is 14.0. The fourth-order valence-electron chi connectivity index (χ4n) is 10.5. The Bertz CT molecular complexity index is 2140. The lowest BCUT2D eigenvalue weighted by atomic mass is 9.79. The van der Waals surface area contributed by atoms with E-state index in [2.05, 4.69) is 13.5 Å². The number of hydrogen-bond donors (Lipinski definition) is 3. The number of carbonyl (C=O) groups excluding carboxylic acids is 1. The van der Waals surface area contributed by atoms with Gasteiger partial charge in [-0.1, -0.05) is 75.3 Å². The number of allylic oxidation sites excluding steroid dienone is 2. The van der Waals surface area contributed by atoms with Crippen LogP contribution in [0.1, 0.15) is 135 Å². The monoisotopic (exact) mass is 947 g/mol. The molecule has 0 aliphatic carbocycles. The SMILES string of the molecule is C=C1C[C@@H]2C[C@@H]3C[C@@H](O)C[C@@H](O3)c3coc(n3)/C=C/C[C@H]3O[C@@H](/C(C)=C/c4coc(C[C@]5(O)C[C@H](OC)C[C@H]([C@H](O)/C=C(C)/C=C/[C@@H](CCC)OC)O5)n4)[C@H](C)[C@@H](OC(=O)/C=C\C[C@@H](C1)O2)[C@H]3C. The molecule has 4 saturated heterocycles. The maximum atomic E-state index is 13.5. The van der Waals surface area contributed by atoms with E-state index in [-0.39, 0.29) is 67.2 Å². The van der Waals surface area contributed by atoms with Crippen molar-refractivity contribution in [3.63, 3.8) is 0 Å². The van der Waals surface area contributed by atoms with Crippen LogP contribution < -0.4 is 0 Å². The molecule has 0 aromatic carbocycles. The van der Waals surface area contributed by atoms with E-state index in [0.29, 0.717) is 68.6 Å². The van der Waals surface area contributed by atoms with Gasteiger partial charge in [0.1, 0.15) is 36.1 Å². The van der Waals surface area contributed by atoms with Gasteiger partial charge in [0.15, 0.2) is 11.7 Å². The van der Waals surface area contributed by atoms with E-state index in [9.17, 15) is 20.1 Å². The first-order chi connectivity index (χ1) is 32.6. The van der Waals surface area contributed by atoms with Gasteiger partial charge in [0.25, 0.3) is 0 Å². The molecule has 5 aliphatic heterocycles. The van der Waals surface area contributed by atoms with E-state index in [1.165, 1.54) is 12.3 Å². The maximum Gasteiger partial charge on any atom is 0.330 e. The summed E-state index contributed by atoms with van der Waals surface area (Å²) in [6.07, 6.45) is 19.1. The van der Waals surface area contributed by atoms with Gasteiger partial charge in [0.05, 0.1) is 67.5 Å². The number of carbonyl (C=O) groups is 1. The molecule has 15 atom stereocenters. The van der Waals surface area contributed by atoms with Crippen molar-refractivity contribution in [1.82, 2.24) is 9.97 Å². The van der Waals surface area contributed by atoms with Crippen molar-refractivity contribution < 1.29 is 62.1 Å². The maximum absolute atomic E-state index is 13.5. The number of aliphatic hydroxyl groups excluding tert-OH is 2. The molecule has 0 saturated carbocycles. The Morgan fingerprint density at radius 3 is 2.54 bits per heavy atom. The predicted octanol–water partition coefficient (Wildman–Crippen LogP) is 8.26. The minimum Gasteiger partial charge on any atom is -0.458 e. The van der Waals surface area contributed by atoms with Gasteiger partial charge < -0.3 is 57.3 Å². The fraction of sp³-hybridized carbons (Fsp3) is 0.642. The summed E-state index contributed by atoms with van der Waals surface area (Å²) < 4.78 is 55.2. The summed E-state index contributed by atoms with van der Waals surface area (Å²) in [5, 5.41) is 33.9. The van der Waals surface area contributed by atoms with Crippen LogP contribution in [0.3, 0.4) is 0 Å². The summed E-state index contributed by atoms with van der Waals surface area (Å²) in [7, 11) is 3.26. The van der Waals surface area contributed by atoms with Crippen LogP contribution in [0, 0.1) is 11.8 Å². The Kier molecular flexibility index (Phi) is 18.1. The van der Waals surface area contributed by atoms with E-state index in [0.717, 1.165) is 29.6 Å². The minimum atomic E-state index is -1.72. The summed E-state index contributed by atoms with van der Waals surface area (Å²) in [5.74, 6) is -1.91. The molecule has 5 aliphatic rings. The van der Waals surface area contributed by atoms with E-state index in [1.807, 2.05) is 58.1 Å². The van der Waals surface area contributed by atoms with Gasteiger partial charge in [-0.15, -0.1) is 0 Å². The molecule has 374 valence electrons. The lowest BCUT2D eigenvalue weighted by Crippen LogP contribution is -2.51. The molecule has 4 fully saturated rings. The Balaban J connectivity index is 1.07. The molecule has 0 unspecified atom stereocenters. The number of oxazole rings is 2. The molecule has 8 bridgehead atoms. The number of ether oxygens (including phenoxy) is 7. The number of fused-ring (bicyclic) bond motifs is 9. The van der Waals surface area contributed by atoms with Crippen molar-refractivity contribution >= 4 is 18.1 Å². The minimum absolute atomic E-state index is 0.0138. The second kappa shape index (κ2) is 23.7. The van der Waals surface area contributed by atoms with Gasteiger partial charge in [-0.3, -0.25) is 0 Å². The molecule has 7 heterocycles. The summed E-state index contributed by atoms with van der Waals surface area (Å²) in [6.45, 7) is 14.3. The fourth-order valence-corrected chi connectivity index (χ4v) is 10.5. The van der Waals surface area contributed by atoms with Gasteiger partial charge in [0, 0.05) is 57.8 Å². The molecule has 15 heteroatoms. The first-order valence-corrected chi connectivity index (χ1v) is 24.5. The van der Waals surface area contributed by atoms with Crippen LogP contribution in [0.5, 0.6) is 0 Å². The van der Waals surface area contributed by atoms with Gasteiger partial charge >= 0.3 is 5.97 Å². The number of methoxy groups -OCH3 is 2. The Morgan fingerprint density at radius 1 is 0.971 bits per heavy atom. The smallest absolute Gasteiger partial charge is 0.330 e. The lowest BCUT2D eigenvalue weighted by Gasteiger charge is -2.44. The van der Waals surface area contributed by atoms with Crippen LogP contribution in [0.15, 0.2) is 81.1 Å². The van der Waals surface area contributed by atoms with Gasteiger partial charge in [-0.25, -0.2) is 14.8 Å². The van der Waals surface area contributed by atoms with Crippen LogP contribution in [0.25, 0.3) is 12.2 Å². The standard InChI is InChI=1S/C53H74N2O13/c1-9-12-38(60-7)18-17-31(2)21-44(57)47-26-42(61-8)27-53(59,68-47)28-49-54-36(29-62-49)22-33(4)51-35(6)52-34(5)45(66-51)14-11-15-48-55-43(30-63-48)46-24-37(56)23-41(65-46)25-40-20-32(3)19-39(64-40)13-10-16-50(58)67-52/h10-11,15-18,21-22,29-30,34-35,37-42,44-47,51-52,56-57,59H,3,9,12-14,19-20,23-28H2,1-2,4-8H3/b15-11+,16-10-,18-17+,31-21+,33-22+/t34-,35-,37+,38+,39-,40+,41-,42+,44+,45+,46+,47+,51-,52-,53-/m0/s1. The Labute approximate surface area is 401 Å². The summed E-state index contributed by atoms with van der Waals surface area (Å²) in [6, 6.07) is 0. The normalized spacial score (nSPS) is 36.4. The zero-order chi connectivity index (χ0) is 48.5. The average Bonchev–Trinajstić information content (AvgIpc) is 3.95. The Morgan fingerprint density at radius 2 is 1.76 bits per heavy atom. The second-order valence-electron chi connectivity index (χ2n) is 19.7. The van der Waals surface area contributed by atoms with Crippen molar-refractivity contribution in [2.24, 2.45) is 11.8 Å². The van der Waals surface area contributed by atoms with E-state index >= 15 is 0 Å². The number of rotatable bonds is 12. The molecule has 2 aromatic rings. The van der Waals surface area contributed by atoms with Crippen molar-refractivity contribution in [1.29, 1.82) is 0 Å². The molecule has 3 N–H and O–H groups in total. The van der Waals surface area contributed by atoms with Crippen molar-refractivity contribution in [2.45, 2.75) is 191 Å². The highest BCUT2D eigenvalue weighted by atomic mass is 16.6. The topological polar surface area (TPSA) is 194 Å². The molecular weight excluding hydrogens is 873 g/mol. The highest BCUT2D eigenvalue weighted by Gasteiger charge is 2.45. The molecule has 0 spiro atoms. The van der Waals surface area contributed by atoms with E-state index in [1.54, 1.807) is 32.6 Å². The molecule has 68 heavy (non-hydrogen) atoms. The van der Waals surface area contributed by atoms with E-state index < -0.39 is 48.4 Å². The highest BCUT2D eigenvalue weighted by Crippen LogP contribution is 2.40. The van der Waals surface area contributed by atoms with Gasteiger partial charge in [-0.05, 0) is 70.1 Å². The summed E-state index contributed by atoms with van der Waals surface area (Å²) in [4.78, 5) is 23.0. The summed E-state index contributed by atoms with van der Waals surface area (Å²) >= 11 is 0. The van der Waals surface area contributed by atoms with Crippen LogP contribution in [0.4, 0.5) is 0 Å². The molecule has 7 rings (SSSR count). The lowest BCUT2D eigenvalue weighted by molar-refractivity contribution is -0.286. The molecule has 0 radical (unpaired) electrons. The predicted molar refractivity (Wildman–Crippen MR) is 254 cm³/mol. The largest absolute Gasteiger partial charge is 0.458 e. The number of hydrogen-bond acceptors (Lipinski definition) is 15. The van der Waals surface area contributed by atoms with Gasteiger partial charge in [-0.2, -0.15) is 0 Å². The zero-order valence-corrected chi connectivity index (χ0v) is 40.9. The molecule has 15 nitrogen and oxygen atoms in total. The summed E-state index contributed by atoms with van der Waals surface area (Å²) in [5.41, 5.74) is 3.91. The number of nitrogens with zero attached hydrogens (tertiary/aromatic N) is 2. The third kappa shape index (κ3) is 13.8. The van der Waals surface area contributed by atoms with Crippen molar-refractivity contribution in [2.75, 3.05) is 14.2 Å². The van der Waals surface area contributed by atoms with Crippen LogP contribution >= 0.6 is 0 Å². The molecule has 2 aromatic heterocycles. The first kappa shape index (κ1) is 51.8. The Hall–Kier alpha value is -4.03. The first-order valence-electron chi connectivity index (χ1n) is 24.5. The van der Waals surface area contributed by atoms with Crippen molar-refractivity contribution in [3.8, 4) is 0 Å². The second-order valence-corrected chi connectivity index (χ2v) is 19.7. The van der Waals surface area contributed by atoms with Crippen molar-refractivity contribution in [3.05, 3.63) is 95.4 Å². The number of aliphatic hydroxyl groups is 3. The quantitative estimate of drug-likeness (QED) is 0.104. The zero-order valence-electron chi connectivity index (χ0n) is 40.9. The molecule has 0 amide bonds. The van der Waals surface area contributed by atoms with E-state index in [4.69, 9.17) is 52.0 Å².